The van der Waals surface area contributed by atoms with Crippen LogP contribution in [0.4, 0.5) is 0 Å². The number of amides is 1. The van der Waals surface area contributed by atoms with Gasteiger partial charge >= 0.3 is 5.97 Å². The minimum absolute atomic E-state index is 0.0488. The van der Waals surface area contributed by atoms with Crippen LogP contribution in [0.25, 0.3) is 11.1 Å². The van der Waals surface area contributed by atoms with Crippen LogP contribution in [0.1, 0.15) is 33.8 Å². The highest BCUT2D eigenvalue weighted by molar-refractivity contribution is 5.89. The molecule has 0 fully saturated rings. The van der Waals surface area contributed by atoms with Crippen LogP contribution in [-0.4, -0.2) is 25.0 Å². The average Bonchev–Trinajstić information content (AvgIpc) is 3.06. The van der Waals surface area contributed by atoms with E-state index >= 15 is 0 Å². The number of hydrogen-bond acceptors (Lipinski definition) is 3. The van der Waals surface area contributed by atoms with E-state index in [1.54, 1.807) is 24.3 Å². The summed E-state index contributed by atoms with van der Waals surface area (Å²) >= 11 is 0. The molecule has 0 unspecified atom stereocenters. The molecule has 0 aromatic heterocycles. The van der Waals surface area contributed by atoms with Crippen molar-refractivity contribution in [2.45, 2.75) is 12.3 Å². The van der Waals surface area contributed by atoms with Gasteiger partial charge in [0.15, 0.2) is 0 Å². The van der Waals surface area contributed by atoms with Crippen LogP contribution in [0.15, 0.2) is 78.9 Å². The zero-order valence-corrected chi connectivity index (χ0v) is 15.4. The molecule has 0 bridgehead atoms. The van der Waals surface area contributed by atoms with Gasteiger partial charge in [0.2, 0.25) is 5.91 Å². The monoisotopic (exact) mass is 371 g/mol. The first-order valence-corrected chi connectivity index (χ1v) is 9.41. The van der Waals surface area contributed by atoms with E-state index in [0.29, 0.717) is 18.5 Å². The number of ether oxygens (including phenoxy) is 1. The normalized spacial score (nSPS) is 12.1. The van der Waals surface area contributed by atoms with Gasteiger partial charge in [-0.25, -0.2) is 4.79 Å². The molecule has 0 radical (unpaired) electrons. The largest absolute Gasteiger partial charge is 0.460 e. The molecule has 4 heteroatoms. The molecule has 4 nitrogen and oxygen atoms in total. The third-order valence-electron chi connectivity index (χ3n) is 5.02. The molecule has 1 N–H and O–H groups in total. The number of nitrogens with one attached hydrogen (secondary N) is 1. The Bertz CT molecular complexity index is 952. The Hall–Kier alpha value is -3.40. The molecule has 3 aromatic rings. The Morgan fingerprint density at radius 2 is 1.36 bits per heavy atom. The molecule has 1 aliphatic rings. The van der Waals surface area contributed by atoms with Crippen LogP contribution in [0, 0.1) is 0 Å². The number of rotatable bonds is 6. The van der Waals surface area contributed by atoms with Crippen LogP contribution in [0.2, 0.25) is 0 Å². The highest BCUT2D eigenvalue weighted by Gasteiger charge is 2.29. The van der Waals surface area contributed by atoms with Gasteiger partial charge in [-0.1, -0.05) is 66.7 Å². The quantitative estimate of drug-likeness (QED) is 0.523. The second-order valence-electron chi connectivity index (χ2n) is 6.78. The molecule has 140 valence electrons. The Morgan fingerprint density at radius 1 is 0.786 bits per heavy atom. The van der Waals surface area contributed by atoms with Crippen molar-refractivity contribution in [3.05, 3.63) is 95.6 Å². The lowest BCUT2D eigenvalue weighted by Gasteiger charge is -2.13. The third kappa shape index (κ3) is 3.67. The summed E-state index contributed by atoms with van der Waals surface area (Å²) in [5.41, 5.74) is 5.29. The summed E-state index contributed by atoms with van der Waals surface area (Å²) < 4.78 is 5.21. The zero-order chi connectivity index (χ0) is 19.3. The Morgan fingerprint density at radius 3 is 2.00 bits per heavy atom. The Labute approximate surface area is 164 Å². The van der Waals surface area contributed by atoms with Crippen LogP contribution < -0.4 is 5.32 Å². The van der Waals surface area contributed by atoms with Crippen molar-refractivity contribution in [2.24, 2.45) is 0 Å². The smallest absolute Gasteiger partial charge is 0.338 e. The Balaban J connectivity index is 1.33. The van der Waals surface area contributed by atoms with Crippen molar-refractivity contribution in [1.82, 2.24) is 5.32 Å². The molecule has 3 aromatic carbocycles. The van der Waals surface area contributed by atoms with E-state index in [9.17, 15) is 9.59 Å². The molecule has 1 aliphatic carbocycles. The second-order valence-corrected chi connectivity index (χ2v) is 6.78. The number of fused-ring (bicyclic) bond motifs is 3. The second kappa shape index (κ2) is 8.09. The molecule has 1 amide bonds. The van der Waals surface area contributed by atoms with Crippen molar-refractivity contribution < 1.29 is 14.3 Å². The van der Waals surface area contributed by atoms with Gasteiger partial charge in [0.05, 0.1) is 12.1 Å². The summed E-state index contributed by atoms with van der Waals surface area (Å²) in [5.74, 6) is -0.375. The molecule has 28 heavy (non-hydrogen) atoms. The lowest BCUT2D eigenvalue weighted by molar-refractivity contribution is -0.121. The molecular weight excluding hydrogens is 350 g/mol. The molecular formula is C24H21NO3. The molecule has 0 saturated carbocycles. The summed E-state index contributed by atoms with van der Waals surface area (Å²) in [7, 11) is 0. The summed E-state index contributed by atoms with van der Waals surface area (Å²) in [6.45, 7) is 0.449. The SMILES string of the molecule is O=C(CC1c2ccccc2-c2ccccc21)NCCOC(=O)c1ccccc1. The van der Waals surface area contributed by atoms with E-state index < -0.39 is 0 Å². The van der Waals surface area contributed by atoms with Gasteiger partial charge in [-0.05, 0) is 34.4 Å². The molecule has 4 rings (SSSR count). The van der Waals surface area contributed by atoms with Gasteiger partial charge in [0, 0.05) is 12.3 Å². The predicted molar refractivity (Wildman–Crippen MR) is 108 cm³/mol. The fourth-order valence-electron chi connectivity index (χ4n) is 3.73. The number of hydrogen-bond donors (Lipinski definition) is 1. The first-order chi connectivity index (χ1) is 13.7. The van der Waals surface area contributed by atoms with Crippen molar-refractivity contribution >= 4 is 11.9 Å². The van der Waals surface area contributed by atoms with Crippen molar-refractivity contribution in [1.29, 1.82) is 0 Å². The molecule has 0 aliphatic heterocycles. The highest BCUT2D eigenvalue weighted by atomic mass is 16.5. The van der Waals surface area contributed by atoms with Gasteiger partial charge in [-0.3, -0.25) is 4.79 Å². The van der Waals surface area contributed by atoms with Crippen molar-refractivity contribution in [3.8, 4) is 11.1 Å². The Kier molecular flexibility index (Phi) is 5.20. The summed E-state index contributed by atoms with van der Waals surface area (Å²) in [5, 5.41) is 2.86. The summed E-state index contributed by atoms with van der Waals surface area (Å²) in [6.07, 6.45) is 0.376. The van der Waals surface area contributed by atoms with E-state index in [-0.39, 0.29) is 24.4 Å². The topological polar surface area (TPSA) is 55.4 Å². The molecule has 0 heterocycles. The predicted octanol–water partition coefficient (Wildman–Crippen LogP) is 4.16. The average molecular weight is 371 g/mol. The lowest BCUT2D eigenvalue weighted by atomic mass is 9.93. The maximum absolute atomic E-state index is 12.5. The molecule has 0 spiro atoms. The van der Waals surface area contributed by atoms with Crippen molar-refractivity contribution in [3.63, 3.8) is 0 Å². The first kappa shape index (κ1) is 18.0. The lowest BCUT2D eigenvalue weighted by Crippen LogP contribution is -2.29. The van der Waals surface area contributed by atoms with Gasteiger partial charge in [0.25, 0.3) is 0 Å². The number of carbonyl (C=O) groups is 2. The van der Waals surface area contributed by atoms with Crippen molar-refractivity contribution in [2.75, 3.05) is 13.2 Å². The van der Waals surface area contributed by atoms with E-state index in [1.807, 2.05) is 30.3 Å². The number of benzene rings is 3. The first-order valence-electron chi connectivity index (χ1n) is 9.41. The zero-order valence-electron chi connectivity index (χ0n) is 15.4. The van der Waals surface area contributed by atoms with Gasteiger partial charge in [-0.2, -0.15) is 0 Å². The fraction of sp³-hybridized carbons (Fsp3) is 0.167. The maximum Gasteiger partial charge on any atom is 0.338 e. The number of carbonyl (C=O) groups excluding carboxylic acids is 2. The fourth-order valence-corrected chi connectivity index (χ4v) is 3.73. The van der Waals surface area contributed by atoms with E-state index in [4.69, 9.17) is 4.74 Å². The molecule has 0 saturated heterocycles. The summed E-state index contributed by atoms with van der Waals surface area (Å²) in [4.78, 5) is 24.4. The van der Waals surface area contributed by atoms with Gasteiger partial charge < -0.3 is 10.1 Å². The van der Waals surface area contributed by atoms with E-state index in [2.05, 4.69) is 29.6 Å². The maximum atomic E-state index is 12.5. The minimum atomic E-state index is -0.381. The highest BCUT2D eigenvalue weighted by Crippen LogP contribution is 2.45. The van der Waals surface area contributed by atoms with Crippen LogP contribution >= 0.6 is 0 Å². The van der Waals surface area contributed by atoms with Gasteiger partial charge in [0.1, 0.15) is 6.61 Å². The number of esters is 1. The standard InChI is InChI=1S/C24H21NO3/c26-23(25-14-15-28-24(27)17-8-2-1-3-9-17)16-22-20-12-6-4-10-18(20)19-11-5-7-13-21(19)22/h1-13,22H,14-16H2,(H,25,26). The van der Waals surface area contributed by atoms with Gasteiger partial charge in [-0.15, -0.1) is 0 Å². The minimum Gasteiger partial charge on any atom is -0.460 e. The van der Waals surface area contributed by atoms with Crippen LogP contribution in [0.5, 0.6) is 0 Å². The van der Waals surface area contributed by atoms with Crippen LogP contribution in [-0.2, 0) is 9.53 Å². The third-order valence-corrected chi connectivity index (χ3v) is 5.02. The van der Waals surface area contributed by atoms with E-state index in [1.165, 1.54) is 22.3 Å². The van der Waals surface area contributed by atoms with E-state index in [0.717, 1.165) is 0 Å². The summed E-state index contributed by atoms with van der Waals surface area (Å²) in [6, 6.07) is 25.3. The molecule has 0 atom stereocenters. The van der Waals surface area contributed by atoms with Crippen LogP contribution in [0.3, 0.4) is 0 Å².